The molecule has 0 N–H and O–H groups in total. The van der Waals surface area contributed by atoms with Crippen LogP contribution in [0, 0.1) is 0 Å². The molecule has 0 nitrogen and oxygen atoms in total. The summed E-state index contributed by atoms with van der Waals surface area (Å²) < 4.78 is 0. The zero-order valence-corrected chi connectivity index (χ0v) is 9.32. The first-order valence-electron chi connectivity index (χ1n) is 3.30. The van der Waals surface area contributed by atoms with Crippen LogP contribution in [0.1, 0.15) is 13.8 Å². The molecule has 0 heterocycles. The van der Waals surface area contributed by atoms with Gasteiger partial charge in [0.2, 0.25) is 0 Å². The van der Waals surface area contributed by atoms with Crippen LogP contribution < -0.4 is 0 Å². The summed E-state index contributed by atoms with van der Waals surface area (Å²) in [6, 6.07) is 0. The summed E-state index contributed by atoms with van der Waals surface area (Å²) in [5.41, 5.74) is 0. The van der Waals surface area contributed by atoms with Gasteiger partial charge < -0.3 is 0 Å². The van der Waals surface area contributed by atoms with Crippen LogP contribution in [0.15, 0.2) is 0 Å². The SMILES string of the molecule is CCSP(C)(C)(S)CC. The molecule has 0 spiro atoms. The van der Waals surface area contributed by atoms with Crippen molar-refractivity contribution in [2.45, 2.75) is 13.8 Å². The van der Waals surface area contributed by atoms with Crippen molar-refractivity contribution in [3.63, 3.8) is 0 Å². The Morgan fingerprint density at radius 1 is 1.33 bits per heavy atom. The van der Waals surface area contributed by atoms with Gasteiger partial charge in [0.15, 0.2) is 0 Å². The van der Waals surface area contributed by atoms with E-state index in [0.717, 1.165) is 0 Å². The molecule has 0 bridgehead atoms. The van der Waals surface area contributed by atoms with E-state index in [4.69, 9.17) is 12.2 Å². The van der Waals surface area contributed by atoms with Gasteiger partial charge in [-0.1, -0.05) is 0 Å². The van der Waals surface area contributed by atoms with Gasteiger partial charge in [-0.25, -0.2) is 0 Å². The molecule has 9 heavy (non-hydrogen) atoms. The van der Waals surface area contributed by atoms with Crippen molar-refractivity contribution in [1.82, 2.24) is 0 Å². The summed E-state index contributed by atoms with van der Waals surface area (Å²) in [5.74, 6) is 1.20. The van der Waals surface area contributed by atoms with Crippen LogP contribution in [0.4, 0.5) is 0 Å². The monoisotopic (exact) mass is 184 g/mol. The molecule has 0 amide bonds. The fourth-order valence-electron chi connectivity index (χ4n) is 0.499. The Balaban J connectivity index is 3.95. The van der Waals surface area contributed by atoms with Gasteiger partial charge in [0.25, 0.3) is 0 Å². The zero-order chi connectivity index (χ0) is 7.57. The number of hydrogen-bond donors (Lipinski definition) is 1. The third kappa shape index (κ3) is 4.52. The molecular weight excluding hydrogens is 167 g/mol. The topological polar surface area (TPSA) is 0 Å². The average molecular weight is 184 g/mol. The predicted octanol–water partition coefficient (Wildman–Crippen LogP) is 3.33. The second-order valence-electron chi connectivity index (χ2n) is 2.93. The third-order valence-corrected chi connectivity index (χ3v) is 10.2. The van der Waals surface area contributed by atoms with E-state index >= 15 is 0 Å². The van der Waals surface area contributed by atoms with Gasteiger partial charge in [-0.15, -0.1) is 0 Å². The minimum atomic E-state index is -1.52. The number of thiol groups is 1. The van der Waals surface area contributed by atoms with Crippen molar-refractivity contribution in [2.75, 3.05) is 25.2 Å². The second-order valence-corrected chi connectivity index (χ2v) is 17.7. The van der Waals surface area contributed by atoms with E-state index in [-0.39, 0.29) is 0 Å². The molecule has 0 aliphatic carbocycles. The molecule has 0 atom stereocenters. The van der Waals surface area contributed by atoms with E-state index in [9.17, 15) is 0 Å². The van der Waals surface area contributed by atoms with Gasteiger partial charge in [-0.05, 0) is 0 Å². The van der Waals surface area contributed by atoms with Crippen LogP contribution >= 0.6 is 28.6 Å². The Hall–Kier alpha value is 1.13. The molecule has 0 saturated carbocycles. The molecule has 0 aromatic rings. The molecule has 0 radical (unpaired) electrons. The maximum absolute atomic E-state index is 4.72. The molecule has 0 aromatic carbocycles. The van der Waals surface area contributed by atoms with Gasteiger partial charge in [-0.2, -0.15) is 0 Å². The van der Waals surface area contributed by atoms with E-state index in [1.807, 2.05) is 11.4 Å². The molecular formula is C6H17PS2. The minimum absolute atomic E-state index is 1.20. The second kappa shape index (κ2) is 3.02. The van der Waals surface area contributed by atoms with E-state index < -0.39 is 5.01 Å². The standard InChI is InChI=1S/C6H17PS2/c1-5-7(3,4,8)9-6-2/h8H,5-6H2,1-4H3. The van der Waals surface area contributed by atoms with Crippen molar-refractivity contribution in [2.24, 2.45) is 0 Å². The van der Waals surface area contributed by atoms with Crippen LogP contribution in [-0.2, 0) is 0 Å². The molecule has 0 fully saturated rings. The Bertz CT molecular complexity index is 93.0. The van der Waals surface area contributed by atoms with Crippen molar-refractivity contribution in [3.8, 4) is 0 Å². The van der Waals surface area contributed by atoms with Gasteiger partial charge in [0, 0.05) is 0 Å². The molecule has 0 aromatic heterocycles. The Morgan fingerprint density at radius 2 is 1.78 bits per heavy atom. The maximum atomic E-state index is 4.72. The molecule has 0 unspecified atom stereocenters. The summed E-state index contributed by atoms with van der Waals surface area (Å²) in [7, 11) is 0. The number of rotatable bonds is 3. The Morgan fingerprint density at radius 3 is 1.89 bits per heavy atom. The third-order valence-electron chi connectivity index (χ3n) is 1.44. The molecule has 0 aliphatic rings. The van der Waals surface area contributed by atoms with E-state index in [2.05, 4.69) is 27.2 Å². The van der Waals surface area contributed by atoms with Crippen LogP contribution in [0.25, 0.3) is 0 Å². The average Bonchev–Trinajstić information content (AvgIpc) is 1.66. The summed E-state index contributed by atoms with van der Waals surface area (Å²) in [6.07, 6.45) is 1.23. The quantitative estimate of drug-likeness (QED) is 0.518. The van der Waals surface area contributed by atoms with E-state index in [0.29, 0.717) is 0 Å². The summed E-state index contributed by atoms with van der Waals surface area (Å²) in [6.45, 7) is 9.05. The summed E-state index contributed by atoms with van der Waals surface area (Å²) >= 11 is 6.75. The van der Waals surface area contributed by atoms with E-state index in [1.54, 1.807) is 0 Å². The number of hydrogen-bond acceptors (Lipinski definition) is 2. The fourth-order valence-corrected chi connectivity index (χ4v) is 5.53. The molecule has 0 rings (SSSR count). The first-order chi connectivity index (χ1) is 3.89. The molecule has 58 valence electrons. The van der Waals surface area contributed by atoms with Crippen LogP contribution in [0.2, 0.25) is 0 Å². The van der Waals surface area contributed by atoms with Crippen molar-refractivity contribution < 1.29 is 0 Å². The van der Waals surface area contributed by atoms with Crippen LogP contribution in [-0.4, -0.2) is 25.2 Å². The normalized spacial score (nSPS) is 16.8. The van der Waals surface area contributed by atoms with Crippen LogP contribution in [0.5, 0.6) is 0 Å². The summed E-state index contributed by atoms with van der Waals surface area (Å²) in [5, 5.41) is -1.52. The van der Waals surface area contributed by atoms with Crippen molar-refractivity contribution in [1.29, 1.82) is 0 Å². The Kier molecular flexibility index (Phi) is 3.40. The van der Waals surface area contributed by atoms with Crippen LogP contribution in [0.3, 0.4) is 0 Å². The van der Waals surface area contributed by atoms with Crippen molar-refractivity contribution in [3.05, 3.63) is 0 Å². The fraction of sp³-hybridized carbons (Fsp3) is 1.00. The van der Waals surface area contributed by atoms with Gasteiger partial charge in [0.1, 0.15) is 0 Å². The van der Waals surface area contributed by atoms with Crippen molar-refractivity contribution >= 4 is 28.6 Å². The molecule has 3 heteroatoms. The Labute approximate surface area is 68.0 Å². The first-order valence-corrected chi connectivity index (χ1v) is 9.36. The van der Waals surface area contributed by atoms with Gasteiger partial charge in [0.05, 0.1) is 0 Å². The molecule has 0 saturated heterocycles. The predicted molar refractivity (Wildman–Crippen MR) is 56.4 cm³/mol. The summed E-state index contributed by atoms with van der Waals surface area (Å²) in [4.78, 5) is 0. The first kappa shape index (κ1) is 10.1. The van der Waals surface area contributed by atoms with E-state index in [1.165, 1.54) is 11.9 Å². The van der Waals surface area contributed by atoms with Gasteiger partial charge in [-0.3, -0.25) is 0 Å². The zero-order valence-electron chi connectivity index (χ0n) is 6.72. The van der Waals surface area contributed by atoms with Gasteiger partial charge >= 0.3 is 67.7 Å². The molecule has 0 aliphatic heterocycles.